The second-order valence-electron chi connectivity index (χ2n) is 6.57. The van der Waals surface area contributed by atoms with Crippen LogP contribution in [0.5, 0.6) is 11.5 Å². The smallest absolute Gasteiger partial charge is 0.223 e. The third-order valence-corrected chi connectivity index (χ3v) is 4.73. The highest BCUT2D eigenvalue weighted by atomic mass is 35.5. The minimum Gasteiger partial charge on any atom is -0.505 e. The zero-order valence-electron chi connectivity index (χ0n) is 15.4. The number of hydrogen-bond acceptors (Lipinski definition) is 4. The summed E-state index contributed by atoms with van der Waals surface area (Å²) in [5.41, 5.74) is 1.69. The van der Waals surface area contributed by atoms with E-state index in [2.05, 4.69) is 10.3 Å². The fourth-order valence-electron chi connectivity index (χ4n) is 2.87. The molecule has 27 heavy (non-hydrogen) atoms. The van der Waals surface area contributed by atoms with Crippen molar-refractivity contribution in [3.8, 4) is 11.5 Å². The number of pyridine rings is 1. The fraction of sp³-hybridized carbons (Fsp3) is 0.238. The second-order valence-corrected chi connectivity index (χ2v) is 6.97. The van der Waals surface area contributed by atoms with Crippen LogP contribution in [0.15, 0.2) is 48.7 Å². The summed E-state index contributed by atoms with van der Waals surface area (Å²) in [5.74, 6) is 0.365. The molecule has 1 aromatic heterocycles. The first-order chi connectivity index (χ1) is 12.9. The summed E-state index contributed by atoms with van der Waals surface area (Å²) in [6.07, 6.45) is 1.59. The molecule has 1 amide bonds. The molecule has 5 nitrogen and oxygen atoms in total. The summed E-state index contributed by atoms with van der Waals surface area (Å²) >= 11 is 6.43. The molecule has 0 unspecified atom stereocenters. The van der Waals surface area contributed by atoms with Gasteiger partial charge in [-0.05, 0) is 35.9 Å². The Morgan fingerprint density at radius 2 is 1.93 bits per heavy atom. The number of nitrogens with one attached hydrogen (secondary N) is 1. The number of aromatic hydroxyl groups is 1. The first-order valence-electron chi connectivity index (χ1n) is 8.62. The van der Waals surface area contributed by atoms with Crippen LogP contribution in [0, 0.1) is 5.92 Å². The van der Waals surface area contributed by atoms with Gasteiger partial charge in [-0.3, -0.25) is 9.78 Å². The van der Waals surface area contributed by atoms with E-state index in [1.807, 2.05) is 38.1 Å². The molecule has 0 aliphatic rings. The van der Waals surface area contributed by atoms with Crippen LogP contribution < -0.4 is 10.1 Å². The van der Waals surface area contributed by atoms with Gasteiger partial charge in [0.15, 0.2) is 0 Å². The maximum Gasteiger partial charge on any atom is 0.223 e. The van der Waals surface area contributed by atoms with Gasteiger partial charge in [0.1, 0.15) is 17.0 Å². The van der Waals surface area contributed by atoms with E-state index in [1.165, 1.54) is 0 Å². The van der Waals surface area contributed by atoms with E-state index in [4.69, 9.17) is 16.3 Å². The predicted molar refractivity (Wildman–Crippen MR) is 106 cm³/mol. The van der Waals surface area contributed by atoms with Crippen molar-refractivity contribution >= 4 is 28.4 Å². The normalized spacial score (nSPS) is 12.2. The summed E-state index contributed by atoms with van der Waals surface area (Å²) in [7, 11) is 1.59. The molecular formula is C21H21ClN2O3. The van der Waals surface area contributed by atoms with Gasteiger partial charge in [-0.2, -0.15) is 0 Å². The number of phenols is 1. The van der Waals surface area contributed by atoms with Crippen molar-refractivity contribution in [1.29, 1.82) is 0 Å². The average molecular weight is 385 g/mol. The highest BCUT2D eigenvalue weighted by Gasteiger charge is 2.24. The van der Waals surface area contributed by atoms with Gasteiger partial charge in [-0.1, -0.05) is 37.6 Å². The van der Waals surface area contributed by atoms with E-state index in [1.54, 1.807) is 31.5 Å². The SMILES string of the molecule is COc1ccc([C@H](NC(=O)C(C)C)c2cc(Cl)c3cccnc3c2O)cc1. The van der Waals surface area contributed by atoms with Crippen LogP contribution in [0.3, 0.4) is 0 Å². The van der Waals surface area contributed by atoms with E-state index in [9.17, 15) is 9.90 Å². The Balaban J connectivity index is 2.16. The average Bonchev–Trinajstić information content (AvgIpc) is 2.69. The Morgan fingerprint density at radius 3 is 2.56 bits per heavy atom. The minimum absolute atomic E-state index is 0.000117. The standard InChI is InChI=1S/C21H21ClN2O3/c1-12(2)21(26)24-18(13-6-8-14(27-3)9-7-13)16-11-17(22)15-5-4-10-23-19(15)20(16)25/h4-12,18,25H,1-3H3,(H,24,26)/t18-/m0/s1. The number of benzene rings is 2. The van der Waals surface area contributed by atoms with Crippen LogP contribution in [0.25, 0.3) is 10.9 Å². The fourth-order valence-corrected chi connectivity index (χ4v) is 3.14. The Bertz CT molecular complexity index is 971. The van der Waals surface area contributed by atoms with Crippen molar-refractivity contribution < 1.29 is 14.6 Å². The van der Waals surface area contributed by atoms with E-state index in [0.717, 1.165) is 5.56 Å². The Morgan fingerprint density at radius 1 is 1.22 bits per heavy atom. The van der Waals surface area contributed by atoms with Gasteiger partial charge in [0, 0.05) is 23.1 Å². The number of rotatable bonds is 5. The summed E-state index contributed by atoms with van der Waals surface area (Å²) < 4.78 is 5.21. The maximum absolute atomic E-state index is 12.4. The molecule has 140 valence electrons. The summed E-state index contributed by atoms with van der Waals surface area (Å²) in [4.78, 5) is 16.7. The van der Waals surface area contributed by atoms with Crippen molar-refractivity contribution in [2.75, 3.05) is 7.11 Å². The lowest BCUT2D eigenvalue weighted by molar-refractivity contribution is -0.124. The topological polar surface area (TPSA) is 71.5 Å². The lowest BCUT2D eigenvalue weighted by atomic mass is 9.95. The molecule has 0 saturated heterocycles. The number of carbonyl (C=O) groups excluding carboxylic acids is 1. The van der Waals surface area contributed by atoms with Crippen LogP contribution in [0.1, 0.15) is 31.0 Å². The second kappa shape index (κ2) is 7.84. The lowest BCUT2D eigenvalue weighted by Crippen LogP contribution is -2.32. The number of hydrogen-bond donors (Lipinski definition) is 2. The molecule has 1 atom stereocenters. The Labute approximate surface area is 163 Å². The number of carbonyl (C=O) groups is 1. The van der Waals surface area contributed by atoms with E-state index in [0.29, 0.717) is 27.2 Å². The molecule has 0 aliphatic heterocycles. The molecule has 2 aromatic carbocycles. The molecule has 6 heteroatoms. The van der Waals surface area contributed by atoms with Gasteiger partial charge < -0.3 is 15.2 Å². The number of fused-ring (bicyclic) bond motifs is 1. The number of amides is 1. The van der Waals surface area contributed by atoms with Crippen LogP contribution in [0.4, 0.5) is 0 Å². The van der Waals surface area contributed by atoms with Crippen molar-refractivity contribution in [1.82, 2.24) is 10.3 Å². The van der Waals surface area contributed by atoms with Crippen LogP contribution in [-0.2, 0) is 4.79 Å². The number of halogens is 1. The van der Waals surface area contributed by atoms with Crippen molar-refractivity contribution in [2.24, 2.45) is 5.92 Å². The molecule has 0 aliphatic carbocycles. The van der Waals surface area contributed by atoms with Crippen LogP contribution in [-0.4, -0.2) is 23.1 Å². The van der Waals surface area contributed by atoms with Gasteiger partial charge >= 0.3 is 0 Å². The molecule has 1 heterocycles. The van der Waals surface area contributed by atoms with E-state index >= 15 is 0 Å². The molecule has 0 saturated carbocycles. The highest BCUT2D eigenvalue weighted by Crippen LogP contribution is 2.38. The van der Waals surface area contributed by atoms with E-state index < -0.39 is 6.04 Å². The molecule has 3 aromatic rings. The number of nitrogens with zero attached hydrogens (tertiary/aromatic N) is 1. The number of phenolic OH excluding ortho intramolecular Hbond substituents is 1. The molecule has 2 N–H and O–H groups in total. The lowest BCUT2D eigenvalue weighted by Gasteiger charge is -2.23. The summed E-state index contributed by atoms with van der Waals surface area (Å²) in [6.45, 7) is 3.63. The van der Waals surface area contributed by atoms with E-state index in [-0.39, 0.29) is 17.6 Å². The van der Waals surface area contributed by atoms with Gasteiger partial charge in [0.25, 0.3) is 0 Å². The monoisotopic (exact) mass is 384 g/mol. The van der Waals surface area contributed by atoms with Crippen molar-refractivity contribution in [2.45, 2.75) is 19.9 Å². The Kier molecular flexibility index (Phi) is 5.51. The van der Waals surface area contributed by atoms with Crippen LogP contribution in [0.2, 0.25) is 5.02 Å². The number of aromatic nitrogens is 1. The zero-order chi connectivity index (χ0) is 19.6. The summed E-state index contributed by atoms with van der Waals surface area (Å²) in [5, 5.41) is 15.0. The first-order valence-corrected chi connectivity index (χ1v) is 9.00. The Hall–Kier alpha value is -2.79. The first kappa shape index (κ1) is 19.0. The molecule has 0 fully saturated rings. The number of methoxy groups -OCH3 is 1. The van der Waals surface area contributed by atoms with Crippen molar-refractivity contribution in [3.05, 3.63) is 64.8 Å². The summed E-state index contributed by atoms with van der Waals surface area (Å²) in [6, 6.07) is 12.0. The van der Waals surface area contributed by atoms with Crippen molar-refractivity contribution in [3.63, 3.8) is 0 Å². The number of ether oxygens (including phenoxy) is 1. The minimum atomic E-state index is -0.574. The van der Waals surface area contributed by atoms with Gasteiger partial charge in [0.05, 0.1) is 18.2 Å². The van der Waals surface area contributed by atoms with Gasteiger partial charge in [-0.25, -0.2) is 0 Å². The molecular weight excluding hydrogens is 364 g/mol. The van der Waals surface area contributed by atoms with Gasteiger partial charge in [-0.15, -0.1) is 0 Å². The highest BCUT2D eigenvalue weighted by molar-refractivity contribution is 6.35. The quantitative estimate of drug-likeness (QED) is 0.681. The molecule has 0 radical (unpaired) electrons. The predicted octanol–water partition coefficient (Wildman–Crippen LogP) is 4.46. The third-order valence-electron chi connectivity index (χ3n) is 4.42. The molecule has 0 bridgehead atoms. The van der Waals surface area contributed by atoms with Crippen LogP contribution >= 0.6 is 11.6 Å². The maximum atomic E-state index is 12.4. The molecule has 0 spiro atoms. The third kappa shape index (κ3) is 3.83. The zero-order valence-corrected chi connectivity index (χ0v) is 16.1. The molecule has 3 rings (SSSR count). The van der Waals surface area contributed by atoms with Gasteiger partial charge in [0.2, 0.25) is 5.91 Å². The largest absolute Gasteiger partial charge is 0.505 e.